The van der Waals surface area contributed by atoms with Crippen molar-refractivity contribution in [1.29, 1.82) is 0 Å². The lowest BCUT2D eigenvalue weighted by Gasteiger charge is -2.38. The van der Waals surface area contributed by atoms with Gasteiger partial charge in [-0.05, 0) is 89.6 Å². The topological polar surface area (TPSA) is 43.6 Å². The summed E-state index contributed by atoms with van der Waals surface area (Å²) in [5.74, 6) is 1.99. The minimum Gasteiger partial charge on any atom is -0.309 e. The smallest absolute Gasteiger partial charge is 0.164 e. The van der Waals surface area contributed by atoms with E-state index in [4.69, 9.17) is 15.0 Å². The summed E-state index contributed by atoms with van der Waals surface area (Å²) in [6.07, 6.45) is 12.3. The predicted octanol–water partition coefficient (Wildman–Crippen LogP) is 13.1. The Hall–Kier alpha value is -6.13. The maximum absolute atomic E-state index is 5.20. The molecule has 4 nitrogen and oxygen atoms in total. The molecule has 0 fully saturated rings. The third-order valence-electron chi connectivity index (χ3n) is 11.9. The molecule has 55 heavy (non-hydrogen) atoms. The van der Waals surface area contributed by atoms with Gasteiger partial charge in [-0.25, -0.2) is 15.0 Å². The molecular weight excluding hydrogens is 669 g/mol. The SMILES string of the molecule is C/C=C\C1=C(C)C(=C\C=C/CC)/C(C)(C)c2cc3c(cc21)c1cc(-c2nc(-c4ccccc4)nc(-c4ccccc4)n2)cc2c1n3-c1ccccc1C2(C)C. The maximum atomic E-state index is 5.20. The highest BCUT2D eigenvalue weighted by atomic mass is 15.0. The van der Waals surface area contributed by atoms with E-state index in [9.17, 15) is 0 Å². The molecule has 270 valence electrons. The van der Waals surface area contributed by atoms with Crippen LogP contribution in [0.25, 0.3) is 67.2 Å². The molecule has 0 unspecified atom stereocenters. The Morgan fingerprint density at radius 2 is 1.25 bits per heavy atom. The second kappa shape index (κ2) is 13.0. The van der Waals surface area contributed by atoms with Gasteiger partial charge in [0.05, 0.1) is 16.7 Å². The quantitative estimate of drug-likeness (QED) is 0.172. The Morgan fingerprint density at radius 3 is 1.89 bits per heavy atom. The minimum atomic E-state index is -0.278. The number of benzene rings is 5. The molecule has 5 aromatic carbocycles. The molecule has 1 aliphatic carbocycles. The van der Waals surface area contributed by atoms with Gasteiger partial charge in [-0.15, -0.1) is 0 Å². The van der Waals surface area contributed by atoms with E-state index in [1.165, 1.54) is 66.5 Å². The Labute approximate surface area is 324 Å². The number of hydrogen-bond donors (Lipinski definition) is 0. The summed E-state index contributed by atoms with van der Waals surface area (Å²) in [6.45, 7) is 16.1. The summed E-state index contributed by atoms with van der Waals surface area (Å²) in [5.41, 5.74) is 15.3. The van der Waals surface area contributed by atoms with E-state index in [-0.39, 0.29) is 10.8 Å². The number of hydrogen-bond acceptors (Lipinski definition) is 3. The Bertz CT molecular complexity index is 2730. The predicted molar refractivity (Wildman–Crippen MR) is 231 cm³/mol. The molecule has 2 aromatic heterocycles. The molecule has 0 bridgehead atoms. The average molecular weight is 715 g/mol. The third-order valence-corrected chi connectivity index (χ3v) is 11.9. The number of rotatable bonds is 6. The van der Waals surface area contributed by atoms with Crippen LogP contribution in [0.3, 0.4) is 0 Å². The van der Waals surface area contributed by atoms with Gasteiger partial charge in [0.25, 0.3) is 0 Å². The zero-order valence-electron chi connectivity index (χ0n) is 32.8. The zero-order chi connectivity index (χ0) is 38.1. The van der Waals surface area contributed by atoms with Crippen LogP contribution in [0.4, 0.5) is 0 Å². The molecule has 9 rings (SSSR count). The fraction of sp³-hybridized carbons (Fsp3) is 0.196. The van der Waals surface area contributed by atoms with Gasteiger partial charge in [-0.2, -0.15) is 0 Å². The van der Waals surface area contributed by atoms with Crippen LogP contribution in [0.5, 0.6) is 0 Å². The third kappa shape index (κ3) is 5.38. The normalized spacial score (nSPS) is 16.5. The van der Waals surface area contributed by atoms with Crippen LogP contribution in [0.1, 0.15) is 77.1 Å². The van der Waals surface area contributed by atoms with Gasteiger partial charge in [0.2, 0.25) is 0 Å². The van der Waals surface area contributed by atoms with Crippen molar-refractivity contribution in [2.24, 2.45) is 0 Å². The van der Waals surface area contributed by atoms with Crippen LogP contribution in [0.15, 0.2) is 151 Å². The van der Waals surface area contributed by atoms with Crippen molar-refractivity contribution in [3.05, 3.63) is 173 Å². The van der Waals surface area contributed by atoms with Gasteiger partial charge in [0.1, 0.15) is 0 Å². The van der Waals surface area contributed by atoms with Crippen molar-refractivity contribution < 1.29 is 0 Å². The van der Waals surface area contributed by atoms with Gasteiger partial charge < -0.3 is 4.57 Å². The number of aromatic nitrogens is 4. The van der Waals surface area contributed by atoms with E-state index in [1.54, 1.807) is 0 Å². The lowest BCUT2D eigenvalue weighted by Crippen LogP contribution is -2.27. The summed E-state index contributed by atoms with van der Waals surface area (Å²) < 4.78 is 2.53. The van der Waals surface area contributed by atoms with E-state index in [1.807, 2.05) is 36.4 Å². The molecule has 0 saturated heterocycles. The van der Waals surface area contributed by atoms with E-state index in [2.05, 4.69) is 156 Å². The first-order valence-electron chi connectivity index (χ1n) is 19.5. The second-order valence-corrected chi connectivity index (χ2v) is 15.9. The second-order valence-electron chi connectivity index (χ2n) is 15.9. The number of para-hydroxylation sites is 1. The maximum Gasteiger partial charge on any atom is 0.164 e. The van der Waals surface area contributed by atoms with E-state index >= 15 is 0 Å². The summed E-state index contributed by atoms with van der Waals surface area (Å²) >= 11 is 0. The standard InChI is InChI=1S/C51H46N4/c1-8-10-13-25-40-32(3)36(20-9-2)37-30-38-39-28-35(49-53-47(33-21-14-11-15-22-33)52-48(54-49)34-23-16-12-17-24-34)29-43-46(39)55(45(38)31-42(37)50(40,4)5)44-27-19-18-26-41(44)51(43,6)7/h9-31H,8H2,1-7H3/b13-10-,20-9-,40-25+. The summed E-state index contributed by atoms with van der Waals surface area (Å²) in [7, 11) is 0. The molecule has 7 aromatic rings. The summed E-state index contributed by atoms with van der Waals surface area (Å²) in [5, 5.41) is 2.44. The monoisotopic (exact) mass is 714 g/mol. The van der Waals surface area contributed by atoms with Crippen molar-refractivity contribution in [3.8, 4) is 39.9 Å². The van der Waals surface area contributed by atoms with Crippen LogP contribution in [0, 0.1) is 0 Å². The van der Waals surface area contributed by atoms with Gasteiger partial charge in [0, 0.05) is 38.3 Å². The van der Waals surface area contributed by atoms with Crippen molar-refractivity contribution in [2.45, 2.75) is 65.7 Å². The number of fused-ring (bicyclic) bond motifs is 6. The highest BCUT2D eigenvalue weighted by Gasteiger charge is 2.39. The van der Waals surface area contributed by atoms with Crippen molar-refractivity contribution in [3.63, 3.8) is 0 Å². The molecule has 4 heteroatoms. The first-order valence-corrected chi connectivity index (χ1v) is 19.5. The number of allylic oxidation sites excluding steroid dienone is 8. The molecule has 0 radical (unpaired) electrons. The lowest BCUT2D eigenvalue weighted by molar-refractivity contribution is 0.622. The first-order chi connectivity index (χ1) is 26.6. The van der Waals surface area contributed by atoms with Gasteiger partial charge in [-0.1, -0.05) is 144 Å². The van der Waals surface area contributed by atoms with Gasteiger partial charge in [-0.3, -0.25) is 0 Å². The van der Waals surface area contributed by atoms with Crippen LogP contribution in [-0.4, -0.2) is 19.5 Å². The minimum absolute atomic E-state index is 0.207. The molecule has 3 heterocycles. The van der Waals surface area contributed by atoms with Crippen LogP contribution in [0.2, 0.25) is 0 Å². The Kier molecular flexibility index (Phi) is 8.20. The Balaban J connectivity index is 1.39. The Morgan fingerprint density at radius 1 is 0.636 bits per heavy atom. The van der Waals surface area contributed by atoms with Crippen LogP contribution in [-0.2, 0) is 10.8 Å². The van der Waals surface area contributed by atoms with Crippen molar-refractivity contribution in [2.75, 3.05) is 0 Å². The number of nitrogens with zero attached hydrogens (tertiary/aromatic N) is 4. The summed E-state index contributed by atoms with van der Waals surface area (Å²) in [4.78, 5) is 15.4. The van der Waals surface area contributed by atoms with E-state index in [0.717, 1.165) is 23.1 Å². The van der Waals surface area contributed by atoms with Crippen LogP contribution < -0.4 is 0 Å². The highest BCUT2D eigenvalue weighted by Crippen LogP contribution is 2.53. The molecular formula is C51H46N4. The lowest BCUT2D eigenvalue weighted by atomic mass is 9.66. The van der Waals surface area contributed by atoms with Crippen molar-refractivity contribution >= 4 is 27.4 Å². The van der Waals surface area contributed by atoms with Gasteiger partial charge >= 0.3 is 0 Å². The molecule has 1 aliphatic heterocycles. The largest absolute Gasteiger partial charge is 0.309 e. The first kappa shape index (κ1) is 34.6. The van der Waals surface area contributed by atoms with Crippen LogP contribution >= 0.6 is 0 Å². The molecule has 2 aliphatic rings. The fourth-order valence-corrected chi connectivity index (χ4v) is 9.04. The van der Waals surface area contributed by atoms with Crippen molar-refractivity contribution in [1.82, 2.24) is 19.5 Å². The van der Waals surface area contributed by atoms with E-state index < -0.39 is 0 Å². The highest BCUT2D eigenvalue weighted by molar-refractivity contribution is 6.14. The molecule has 0 amide bonds. The molecule has 0 spiro atoms. The average Bonchev–Trinajstić information content (AvgIpc) is 3.53. The van der Waals surface area contributed by atoms with Gasteiger partial charge in [0.15, 0.2) is 17.5 Å². The fourth-order valence-electron chi connectivity index (χ4n) is 9.04. The van der Waals surface area contributed by atoms with E-state index in [0.29, 0.717) is 17.5 Å². The molecule has 0 atom stereocenters. The molecule has 0 N–H and O–H groups in total. The molecule has 0 saturated carbocycles. The zero-order valence-corrected chi connectivity index (χ0v) is 32.8. The summed E-state index contributed by atoms with van der Waals surface area (Å²) in [6, 6.07) is 39.0.